The molecule has 0 aromatic heterocycles. The van der Waals surface area contributed by atoms with Crippen molar-refractivity contribution in [2.75, 3.05) is 19.8 Å². The molecule has 4 atom stereocenters. The van der Waals surface area contributed by atoms with Crippen molar-refractivity contribution in [2.45, 2.75) is 37.2 Å². The number of carbonyl (C=O) groups is 2. The van der Waals surface area contributed by atoms with Crippen molar-refractivity contribution in [2.24, 2.45) is 11.5 Å². The molecule has 0 aromatic rings. The molecule has 10 N–H and O–H groups in total. The Morgan fingerprint density at radius 1 is 1.26 bits per heavy atom. The van der Waals surface area contributed by atoms with E-state index in [1.54, 1.807) is 0 Å². The molecule has 0 aliphatic heterocycles. The number of esters is 1. The summed E-state index contributed by atoms with van der Waals surface area (Å²) in [5, 5.41) is 45.9. The van der Waals surface area contributed by atoms with Crippen molar-refractivity contribution in [1.29, 1.82) is 5.41 Å². The number of guanidine groups is 1. The summed E-state index contributed by atoms with van der Waals surface area (Å²) in [6.45, 7) is -1.32. The first-order chi connectivity index (χ1) is 10.7. The topological polar surface area (TPSA) is 212 Å². The highest BCUT2D eigenvalue weighted by Crippen LogP contribution is 2.03. The van der Waals surface area contributed by atoms with Gasteiger partial charge in [-0.25, -0.2) is 0 Å². The second-order valence-corrected chi connectivity index (χ2v) is 4.85. The molecule has 11 nitrogen and oxygen atoms in total. The van der Waals surface area contributed by atoms with Crippen molar-refractivity contribution in [3.63, 3.8) is 0 Å². The van der Waals surface area contributed by atoms with Gasteiger partial charge in [-0.3, -0.25) is 15.0 Å². The monoisotopic (exact) mass is 336 g/mol. The fraction of sp³-hybridized carbons (Fsp3) is 0.750. The Morgan fingerprint density at radius 3 is 2.39 bits per heavy atom. The Kier molecular flexibility index (Phi) is 10.0. The molecule has 0 radical (unpaired) electrons. The van der Waals surface area contributed by atoms with Gasteiger partial charge in [-0.15, -0.1) is 0 Å². The number of Topliss-reactive ketones (excluding diaryl/α,β-unsaturated/α-hetero) is 1. The molecule has 0 spiro atoms. The Hall–Kier alpha value is -1.79. The fourth-order valence-corrected chi connectivity index (χ4v) is 1.51. The number of carbonyl (C=O) groups excluding carboxylic acids is 2. The number of rotatable bonds is 11. The first-order valence-corrected chi connectivity index (χ1v) is 6.88. The number of hydrogen-bond donors (Lipinski definition) is 8. The number of nitrogens with two attached hydrogens (primary N) is 2. The van der Waals surface area contributed by atoms with Gasteiger partial charge in [0.1, 0.15) is 24.4 Å². The van der Waals surface area contributed by atoms with Crippen LogP contribution in [-0.4, -0.2) is 82.3 Å². The smallest absolute Gasteiger partial charge is 0.323 e. The quantitative estimate of drug-likeness (QED) is 0.0787. The molecule has 23 heavy (non-hydrogen) atoms. The van der Waals surface area contributed by atoms with E-state index in [9.17, 15) is 19.8 Å². The first-order valence-electron chi connectivity index (χ1n) is 6.88. The third-order valence-electron chi connectivity index (χ3n) is 2.90. The van der Waals surface area contributed by atoms with E-state index >= 15 is 0 Å². The molecule has 11 heteroatoms. The zero-order valence-electron chi connectivity index (χ0n) is 12.5. The largest absolute Gasteiger partial charge is 0.456 e. The maximum Gasteiger partial charge on any atom is 0.323 e. The minimum Gasteiger partial charge on any atom is -0.456 e. The van der Waals surface area contributed by atoms with Gasteiger partial charge in [0.05, 0.1) is 6.61 Å². The molecule has 0 saturated carbocycles. The lowest BCUT2D eigenvalue weighted by Crippen LogP contribution is -2.45. The lowest BCUT2D eigenvalue weighted by molar-refractivity contribution is -0.156. The number of hydrogen-bond acceptors (Lipinski definition) is 9. The number of aliphatic hydroxyl groups is 4. The third kappa shape index (κ3) is 8.42. The molecule has 134 valence electrons. The Labute approximate surface area is 132 Å². The highest BCUT2D eigenvalue weighted by molar-refractivity contribution is 5.87. The molecule has 0 fully saturated rings. The van der Waals surface area contributed by atoms with Crippen LogP contribution in [-0.2, 0) is 14.3 Å². The van der Waals surface area contributed by atoms with Crippen LogP contribution in [0, 0.1) is 5.41 Å². The molecular weight excluding hydrogens is 312 g/mol. The summed E-state index contributed by atoms with van der Waals surface area (Å²) < 4.78 is 4.61. The summed E-state index contributed by atoms with van der Waals surface area (Å²) in [4.78, 5) is 23.0. The van der Waals surface area contributed by atoms with Crippen molar-refractivity contribution in [3.05, 3.63) is 0 Å². The van der Waals surface area contributed by atoms with E-state index in [-0.39, 0.29) is 12.4 Å². The molecule has 0 aliphatic rings. The molecule has 0 aromatic carbocycles. The summed E-state index contributed by atoms with van der Waals surface area (Å²) in [5.74, 6) is -2.11. The van der Waals surface area contributed by atoms with E-state index in [1.165, 1.54) is 0 Å². The van der Waals surface area contributed by atoms with Crippen LogP contribution in [0.3, 0.4) is 0 Å². The molecule has 0 heterocycles. The predicted molar refractivity (Wildman–Crippen MR) is 78.2 cm³/mol. The molecule has 0 rings (SSSR count). The van der Waals surface area contributed by atoms with E-state index in [2.05, 4.69) is 10.1 Å². The maximum absolute atomic E-state index is 11.5. The number of ketones is 1. The summed E-state index contributed by atoms with van der Waals surface area (Å²) in [6, 6.07) is -0.998. The molecular formula is C12H24N4O7. The second-order valence-electron chi connectivity index (χ2n) is 4.85. The minimum absolute atomic E-state index is 0.204. The normalized spacial score (nSPS) is 16.0. The number of ether oxygens (including phenoxy) is 1. The average molecular weight is 336 g/mol. The average Bonchev–Trinajstić information content (AvgIpc) is 2.53. The van der Waals surface area contributed by atoms with E-state index < -0.39 is 49.3 Å². The molecule has 4 unspecified atom stereocenters. The zero-order chi connectivity index (χ0) is 18.0. The van der Waals surface area contributed by atoms with Crippen LogP contribution in [0.25, 0.3) is 0 Å². The van der Waals surface area contributed by atoms with E-state index in [0.717, 1.165) is 0 Å². The number of nitrogens with one attached hydrogen (secondary N) is 2. The van der Waals surface area contributed by atoms with Crippen LogP contribution >= 0.6 is 0 Å². The fourth-order valence-electron chi connectivity index (χ4n) is 1.51. The van der Waals surface area contributed by atoms with Crippen LogP contribution in [0.15, 0.2) is 0 Å². The lowest BCUT2D eigenvalue weighted by atomic mass is 10.1. The Bertz CT molecular complexity index is 407. The molecule has 0 bridgehead atoms. The Balaban J connectivity index is 4.11. The van der Waals surface area contributed by atoms with Gasteiger partial charge in [-0.2, -0.15) is 0 Å². The van der Waals surface area contributed by atoms with Crippen LogP contribution < -0.4 is 16.8 Å². The maximum atomic E-state index is 11.5. The van der Waals surface area contributed by atoms with Gasteiger partial charge < -0.3 is 41.9 Å². The molecule has 0 saturated heterocycles. The number of aliphatic hydroxyl groups excluding tert-OH is 4. The summed E-state index contributed by atoms with van der Waals surface area (Å²) in [6.07, 6.45) is -4.92. The minimum atomic E-state index is -2.00. The first kappa shape index (κ1) is 21.2. The predicted octanol–water partition coefficient (Wildman–Crippen LogP) is -4.24. The standard InChI is InChI=1S/C12H24N4O7/c13-6(2-1-3-16-12(14)15)11(22)23-5-8(19)10(21)9(20)7(18)4-17/h6-7,9-10,17-18,20-21H,1-5,13H2,(H4,14,15,16). The Morgan fingerprint density at radius 2 is 1.87 bits per heavy atom. The van der Waals surface area contributed by atoms with Gasteiger partial charge in [0, 0.05) is 6.54 Å². The van der Waals surface area contributed by atoms with Gasteiger partial charge >= 0.3 is 5.97 Å². The zero-order valence-corrected chi connectivity index (χ0v) is 12.5. The highest BCUT2D eigenvalue weighted by atomic mass is 16.5. The highest BCUT2D eigenvalue weighted by Gasteiger charge is 2.30. The van der Waals surface area contributed by atoms with Crippen molar-refractivity contribution >= 4 is 17.7 Å². The molecule has 0 aliphatic carbocycles. The molecule has 0 amide bonds. The van der Waals surface area contributed by atoms with E-state index in [1.807, 2.05) is 0 Å². The van der Waals surface area contributed by atoms with Crippen LogP contribution in [0.4, 0.5) is 0 Å². The van der Waals surface area contributed by atoms with Gasteiger partial charge in [0.15, 0.2) is 12.6 Å². The third-order valence-corrected chi connectivity index (χ3v) is 2.90. The SMILES string of the molecule is N=C(N)NCCCC(N)C(=O)OCC(=O)C(O)C(O)C(O)CO. The van der Waals surface area contributed by atoms with E-state index in [0.29, 0.717) is 13.0 Å². The van der Waals surface area contributed by atoms with Crippen molar-refractivity contribution < 1.29 is 34.8 Å². The van der Waals surface area contributed by atoms with Crippen LogP contribution in [0.5, 0.6) is 0 Å². The van der Waals surface area contributed by atoms with Crippen molar-refractivity contribution in [1.82, 2.24) is 5.32 Å². The van der Waals surface area contributed by atoms with E-state index in [4.69, 9.17) is 27.1 Å². The van der Waals surface area contributed by atoms with Crippen LogP contribution in [0.2, 0.25) is 0 Å². The second kappa shape index (κ2) is 10.9. The van der Waals surface area contributed by atoms with Crippen molar-refractivity contribution in [3.8, 4) is 0 Å². The van der Waals surface area contributed by atoms with Gasteiger partial charge in [0.2, 0.25) is 5.78 Å². The lowest BCUT2D eigenvalue weighted by Gasteiger charge is -2.20. The van der Waals surface area contributed by atoms with Crippen LogP contribution in [0.1, 0.15) is 12.8 Å². The van der Waals surface area contributed by atoms with Gasteiger partial charge in [-0.05, 0) is 12.8 Å². The summed E-state index contributed by atoms with van der Waals surface area (Å²) in [7, 11) is 0. The summed E-state index contributed by atoms with van der Waals surface area (Å²) in [5.41, 5.74) is 10.6. The van der Waals surface area contributed by atoms with Gasteiger partial charge in [-0.1, -0.05) is 0 Å². The van der Waals surface area contributed by atoms with Gasteiger partial charge in [0.25, 0.3) is 0 Å². The summed E-state index contributed by atoms with van der Waals surface area (Å²) >= 11 is 0.